The van der Waals surface area contributed by atoms with Gasteiger partial charge in [-0.3, -0.25) is 14.7 Å². The molecule has 144 valence electrons. The standard InChI is InChI=1S/C21H20F2N4O/c22-16-7-3-5-15(20(16)23)13-27-10-4-6-14(12-27)18-11-19(28)26-21(25-18)17-8-1-2-9-24-17/h1-3,5,7-9,11,14H,4,6,10,12-13H2,(H,25,26,28). The molecule has 3 aromatic rings. The molecule has 1 aliphatic rings. The Morgan fingerprint density at radius 2 is 2.07 bits per heavy atom. The molecule has 0 amide bonds. The third-order valence-corrected chi connectivity index (χ3v) is 5.02. The maximum atomic E-state index is 14.0. The molecule has 7 heteroatoms. The van der Waals surface area contributed by atoms with Crippen LogP contribution in [0.25, 0.3) is 11.5 Å². The number of pyridine rings is 1. The lowest BCUT2D eigenvalue weighted by Gasteiger charge is -2.32. The first kappa shape index (κ1) is 18.4. The molecule has 28 heavy (non-hydrogen) atoms. The molecule has 0 spiro atoms. The molecule has 1 unspecified atom stereocenters. The minimum atomic E-state index is -0.831. The molecule has 1 fully saturated rings. The number of hydrogen-bond acceptors (Lipinski definition) is 4. The molecule has 0 radical (unpaired) electrons. The third kappa shape index (κ3) is 3.99. The Balaban J connectivity index is 1.56. The van der Waals surface area contributed by atoms with Crippen molar-refractivity contribution in [1.29, 1.82) is 0 Å². The van der Waals surface area contributed by atoms with Crippen LogP contribution in [-0.2, 0) is 6.54 Å². The minimum Gasteiger partial charge on any atom is -0.305 e. The fourth-order valence-electron chi connectivity index (χ4n) is 3.66. The average Bonchev–Trinajstić information content (AvgIpc) is 2.72. The minimum absolute atomic E-state index is 0.0510. The summed E-state index contributed by atoms with van der Waals surface area (Å²) in [5.41, 5.74) is 1.43. The number of nitrogens with one attached hydrogen (secondary N) is 1. The predicted molar refractivity (Wildman–Crippen MR) is 102 cm³/mol. The predicted octanol–water partition coefficient (Wildman–Crippen LogP) is 3.49. The lowest BCUT2D eigenvalue weighted by atomic mass is 9.94. The maximum absolute atomic E-state index is 14.0. The van der Waals surface area contributed by atoms with Crippen LogP contribution in [0.15, 0.2) is 53.5 Å². The van der Waals surface area contributed by atoms with E-state index >= 15 is 0 Å². The van der Waals surface area contributed by atoms with Crippen LogP contribution >= 0.6 is 0 Å². The molecule has 0 aliphatic carbocycles. The Labute approximate surface area is 161 Å². The van der Waals surface area contributed by atoms with Gasteiger partial charge in [-0.1, -0.05) is 18.2 Å². The highest BCUT2D eigenvalue weighted by atomic mass is 19.2. The molecule has 1 aliphatic heterocycles. The van der Waals surface area contributed by atoms with E-state index in [1.807, 2.05) is 6.07 Å². The molecule has 1 atom stereocenters. The van der Waals surface area contributed by atoms with Crippen molar-refractivity contribution in [2.75, 3.05) is 13.1 Å². The van der Waals surface area contributed by atoms with E-state index in [4.69, 9.17) is 0 Å². The number of nitrogens with zero attached hydrogens (tertiary/aromatic N) is 3. The van der Waals surface area contributed by atoms with E-state index in [1.165, 1.54) is 12.1 Å². The highest BCUT2D eigenvalue weighted by Gasteiger charge is 2.24. The molecule has 3 heterocycles. The van der Waals surface area contributed by atoms with Crippen molar-refractivity contribution < 1.29 is 8.78 Å². The van der Waals surface area contributed by atoms with E-state index < -0.39 is 11.6 Å². The van der Waals surface area contributed by atoms with Gasteiger partial charge in [0.05, 0.1) is 5.69 Å². The summed E-state index contributed by atoms with van der Waals surface area (Å²) in [5, 5.41) is 0. The van der Waals surface area contributed by atoms with Crippen molar-refractivity contribution in [3.63, 3.8) is 0 Å². The van der Waals surface area contributed by atoms with Crippen molar-refractivity contribution >= 4 is 0 Å². The van der Waals surface area contributed by atoms with Gasteiger partial charge in [0.2, 0.25) is 0 Å². The van der Waals surface area contributed by atoms with Gasteiger partial charge in [-0.25, -0.2) is 13.8 Å². The molecular formula is C21H20F2N4O. The van der Waals surface area contributed by atoms with Gasteiger partial charge in [-0.05, 0) is 37.6 Å². The summed E-state index contributed by atoms with van der Waals surface area (Å²) in [6, 6.07) is 11.2. The largest absolute Gasteiger partial charge is 0.305 e. The smallest absolute Gasteiger partial charge is 0.251 e. The van der Waals surface area contributed by atoms with Crippen molar-refractivity contribution in [3.8, 4) is 11.5 Å². The Bertz CT molecular complexity index is 1020. The lowest BCUT2D eigenvalue weighted by Crippen LogP contribution is -2.35. The number of piperidine rings is 1. The van der Waals surface area contributed by atoms with E-state index in [9.17, 15) is 13.6 Å². The second-order valence-electron chi connectivity index (χ2n) is 7.02. The van der Waals surface area contributed by atoms with Crippen LogP contribution in [0.1, 0.15) is 30.0 Å². The first-order chi connectivity index (χ1) is 13.6. The summed E-state index contributed by atoms with van der Waals surface area (Å²) < 4.78 is 27.5. The normalized spacial score (nSPS) is 17.6. The number of likely N-dealkylation sites (tertiary alicyclic amines) is 1. The quantitative estimate of drug-likeness (QED) is 0.750. The van der Waals surface area contributed by atoms with Crippen molar-refractivity contribution in [2.24, 2.45) is 0 Å². The highest BCUT2D eigenvalue weighted by Crippen LogP contribution is 2.27. The monoisotopic (exact) mass is 382 g/mol. The molecule has 1 saturated heterocycles. The van der Waals surface area contributed by atoms with Crippen LogP contribution in [-0.4, -0.2) is 32.9 Å². The van der Waals surface area contributed by atoms with Crippen molar-refractivity contribution in [3.05, 3.63) is 81.9 Å². The van der Waals surface area contributed by atoms with Gasteiger partial charge >= 0.3 is 0 Å². The van der Waals surface area contributed by atoms with Gasteiger partial charge in [0.1, 0.15) is 5.69 Å². The number of rotatable bonds is 4. The molecule has 2 aromatic heterocycles. The zero-order valence-corrected chi connectivity index (χ0v) is 15.2. The first-order valence-electron chi connectivity index (χ1n) is 9.28. The number of benzene rings is 1. The second kappa shape index (κ2) is 7.98. The first-order valence-corrected chi connectivity index (χ1v) is 9.28. The zero-order valence-electron chi connectivity index (χ0n) is 15.2. The van der Waals surface area contributed by atoms with Crippen LogP contribution < -0.4 is 5.56 Å². The third-order valence-electron chi connectivity index (χ3n) is 5.02. The zero-order chi connectivity index (χ0) is 19.5. The van der Waals surface area contributed by atoms with Gasteiger partial charge in [0.25, 0.3) is 5.56 Å². The van der Waals surface area contributed by atoms with Gasteiger partial charge in [-0.2, -0.15) is 0 Å². The van der Waals surface area contributed by atoms with Crippen LogP contribution in [0.4, 0.5) is 8.78 Å². The van der Waals surface area contributed by atoms with Crippen molar-refractivity contribution in [1.82, 2.24) is 19.9 Å². The topological polar surface area (TPSA) is 61.9 Å². The van der Waals surface area contributed by atoms with Gasteiger partial charge in [0.15, 0.2) is 17.5 Å². The maximum Gasteiger partial charge on any atom is 0.251 e. The van der Waals surface area contributed by atoms with E-state index in [2.05, 4.69) is 19.9 Å². The van der Waals surface area contributed by atoms with Crippen LogP contribution in [0.3, 0.4) is 0 Å². The molecule has 0 bridgehead atoms. The van der Waals surface area contributed by atoms with E-state index in [1.54, 1.807) is 24.4 Å². The second-order valence-corrected chi connectivity index (χ2v) is 7.02. The molecular weight excluding hydrogens is 362 g/mol. The number of aromatic amines is 1. The summed E-state index contributed by atoms with van der Waals surface area (Å²) in [6.07, 6.45) is 3.44. The number of hydrogen-bond donors (Lipinski definition) is 1. The molecule has 1 N–H and O–H groups in total. The van der Waals surface area contributed by atoms with Gasteiger partial charge in [0, 0.05) is 36.8 Å². The number of H-pyrrole nitrogens is 1. The molecule has 5 nitrogen and oxygen atoms in total. The highest BCUT2D eigenvalue weighted by molar-refractivity contribution is 5.48. The average molecular weight is 382 g/mol. The fourth-order valence-corrected chi connectivity index (χ4v) is 3.66. The van der Waals surface area contributed by atoms with E-state index in [0.29, 0.717) is 35.9 Å². The van der Waals surface area contributed by atoms with Gasteiger partial charge in [-0.15, -0.1) is 0 Å². The van der Waals surface area contributed by atoms with Crippen LogP contribution in [0, 0.1) is 11.6 Å². The van der Waals surface area contributed by atoms with E-state index in [-0.39, 0.29) is 11.5 Å². The molecule has 4 rings (SSSR count). The number of halogens is 2. The lowest BCUT2D eigenvalue weighted by molar-refractivity contribution is 0.195. The van der Waals surface area contributed by atoms with E-state index in [0.717, 1.165) is 25.5 Å². The molecule has 1 aromatic carbocycles. The summed E-state index contributed by atoms with van der Waals surface area (Å²) in [5.74, 6) is -1.13. The fraction of sp³-hybridized carbons (Fsp3) is 0.286. The SMILES string of the molecule is O=c1cc(C2CCCN(Cc3cccc(F)c3F)C2)nc(-c2ccccn2)[nH]1. The Morgan fingerprint density at radius 3 is 2.89 bits per heavy atom. The number of aromatic nitrogens is 3. The Kier molecular flexibility index (Phi) is 5.25. The van der Waals surface area contributed by atoms with Crippen LogP contribution in [0.2, 0.25) is 0 Å². The summed E-state index contributed by atoms with van der Waals surface area (Å²) >= 11 is 0. The van der Waals surface area contributed by atoms with Crippen molar-refractivity contribution in [2.45, 2.75) is 25.3 Å². The summed E-state index contributed by atoms with van der Waals surface area (Å²) in [4.78, 5) is 25.8. The van der Waals surface area contributed by atoms with Crippen LogP contribution in [0.5, 0.6) is 0 Å². The summed E-state index contributed by atoms with van der Waals surface area (Å²) in [6.45, 7) is 1.76. The molecule has 0 saturated carbocycles. The van der Waals surface area contributed by atoms with Gasteiger partial charge < -0.3 is 4.98 Å². The Hall–Kier alpha value is -2.93. The summed E-state index contributed by atoms with van der Waals surface area (Å²) in [7, 11) is 0. The Morgan fingerprint density at radius 1 is 1.18 bits per heavy atom.